The van der Waals surface area contributed by atoms with Crippen LogP contribution in [0.1, 0.15) is 64.9 Å². The Hall–Kier alpha value is -0.970. The highest BCUT2D eigenvalue weighted by molar-refractivity contribution is 5.25. The van der Waals surface area contributed by atoms with E-state index >= 15 is 0 Å². The summed E-state index contributed by atoms with van der Waals surface area (Å²) in [7, 11) is 0. The summed E-state index contributed by atoms with van der Waals surface area (Å²) in [6, 6.07) is 7.37. The summed E-state index contributed by atoms with van der Waals surface area (Å²) < 4.78 is 13.3. The molecule has 4 heteroatoms. The first-order valence-corrected chi connectivity index (χ1v) is 11.2. The highest BCUT2D eigenvalue weighted by Crippen LogP contribution is 2.46. The van der Waals surface area contributed by atoms with E-state index in [0.717, 1.165) is 37.4 Å². The average molecular weight is 389 g/mol. The molecule has 3 nitrogen and oxygen atoms in total. The van der Waals surface area contributed by atoms with E-state index in [-0.39, 0.29) is 11.2 Å². The van der Waals surface area contributed by atoms with Crippen molar-refractivity contribution in [2.24, 2.45) is 11.3 Å². The molecule has 2 atom stereocenters. The van der Waals surface area contributed by atoms with Crippen LogP contribution in [0.15, 0.2) is 24.3 Å². The van der Waals surface area contributed by atoms with E-state index in [1.54, 1.807) is 12.1 Å². The van der Waals surface area contributed by atoms with Crippen molar-refractivity contribution < 1.29 is 9.50 Å². The number of piperidine rings is 2. The maximum Gasteiger partial charge on any atom is 0.123 e. The highest BCUT2D eigenvalue weighted by atomic mass is 19.1. The smallest absolute Gasteiger partial charge is 0.123 e. The topological polar surface area (TPSA) is 26.7 Å². The second-order valence-corrected chi connectivity index (χ2v) is 10.6. The third-order valence-corrected chi connectivity index (χ3v) is 7.44. The molecule has 0 saturated carbocycles. The fraction of sp³-hybridized carbons (Fsp3) is 0.750. The van der Waals surface area contributed by atoms with E-state index in [2.05, 4.69) is 30.6 Å². The Balaban J connectivity index is 1.40. The lowest BCUT2D eigenvalue weighted by Gasteiger charge is -2.47. The van der Waals surface area contributed by atoms with E-state index in [1.807, 2.05) is 0 Å². The minimum absolute atomic E-state index is 0.235. The molecule has 156 valence electrons. The van der Waals surface area contributed by atoms with Crippen LogP contribution in [0.25, 0.3) is 0 Å². The van der Waals surface area contributed by atoms with Gasteiger partial charge in [0, 0.05) is 25.2 Å². The van der Waals surface area contributed by atoms with Crippen LogP contribution in [0.5, 0.6) is 0 Å². The SMILES string of the molecule is CC1CCN(CC(C)(C)CN2C3CCC2CC(O)(c2ccc(F)cc2)C3)CC1. The van der Waals surface area contributed by atoms with Crippen molar-refractivity contribution in [3.63, 3.8) is 0 Å². The van der Waals surface area contributed by atoms with Crippen LogP contribution in [0.3, 0.4) is 0 Å². The van der Waals surface area contributed by atoms with Gasteiger partial charge in [0.25, 0.3) is 0 Å². The van der Waals surface area contributed by atoms with E-state index in [1.165, 1.54) is 50.9 Å². The summed E-state index contributed by atoms with van der Waals surface area (Å²) in [5.41, 5.74) is 0.336. The van der Waals surface area contributed by atoms with Gasteiger partial charge in [0.15, 0.2) is 0 Å². The Bertz CT molecular complexity index is 652. The van der Waals surface area contributed by atoms with Gasteiger partial charge in [-0.15, -0.1) is 0 Å². The normalized spacial score (nSPS) is 32.8. The van der Waals surface area contributed by atoms with Gasteiger partial charge in [0.2, 0.25) is 0 Å². The molecule has 0 radical (unpaired) electrons. The van der Waals surface area contributed by atoms with E-state index in [4.69, 9.17) is 0 Å². The van der Waals surface area contributed by atoms with Gasteiger partial charge in [-0.1, -0.05) is 32.9 Å². The third-order valence-electron chi connectivity index (χ3n) is 7.44. The summed E-state index contributed by atoms with van der Waals surface area (Å²) in [5, 5.41) is 11.4. The van der Waals surface area contributed by atoms with Crippen LogP contribution in [-0.2, 0) is 5.60 Å². The molecular weight excluding hydrogens is 351 g/mol. The van der Waals surface area contributed by atoms with Gasteiger partial charge in [-0.25, -0.2) is 4.39 Å². The summed E-state index contributed by atoms with van der Waals surface area (Å²) in [6.45, 7) is 11.9. The first-order chi connectivity index (χ1) is 13.2. The molecule has 1 aromatic rings. The fourth-order valence-corrected chi connectivity index (χ4v) is 5.94. The number of nitrogens with zero attached hydrogens (tertiary/aromatic N) is 2. The van der Waals surface area contributed by atoms with Crippen LogP contribution < -0.4 is 0 Å². The molecular formula is C24H37FN2O. The predicted molar refractivity (Wildman–Crippen MR) is 112 cm³/mol. The van der Waals surface area contributed by atoms with Gasteiger partial charge in [0.05, 0.1) is 5.60 Å². The van der Waals surface area contributed by atoms with Crippen molar-refractivity contribution in [3.8, 4) is 0 Å². The fourth-order valence-electron chi connectivity index (χ4n) is 5.94. The lowest BCUT2D eigenvalue weighted by atomic mass is 9.79. The number of aliphatic hydroxyl groups is 1. The molecule has 28 heavy (non-hydrogen) atoms. The second-order valence-electron chi connectivity index (χ2n) is 10.6. The van der Waals surface area contributed by atoms with Crippen molar-refractivity contribution in [2.45, 2.75) is 77.0 Å². The molecule has 3 heterocycles. The van der Waals surface area contributed by atoms with Gasteiger partial charge >= 0.3 is 0 Å². The molecule has 4 rings (SSSR count). The number of hydrogen-bond acceptors (Lipinski definition) is 3. The van der Waals surface area contributed by atoms with Crippen LogP contribution in [0, 0.1) is 17.2 Å². The molecule has 0 spiro atoms. The van der Waals surface area contributed by atoms with Crippen LogP contribution in [0.4, 0.5) is 4.39 Å². The van der Waals surface area contributed by atoms with Crippen LogP contribution in [-0.4, -0.2) is 53.2 Å². The zero-order valence-electron chi connectivity index (χ0n) is 17.8. The molecule has 0 amide bonds. The highest BCUT2D eigenvalue weighted by Gasteiger charge is 2.49. The first kappa shape index (κ1) is 20.3. The second kappa shape index (κ2) is 7.70. The zero-order chi connectivity index (χ0) is 19.9. The number of hydrogen-bond donors (Lipinski definition) is 1. The van der Waals surface area contributed by atoms with Crippen molar-refractivity contribution in [1.29, 1.82) is 0 Å². The molecule has 1 aromatic carbocycles. The predicted octanol–water partition coefficient (Wildman–Crippen LogP) is 4.40. The minimum atomic E-state index is -0.802. The maximum atomic E-state index is 13.3. The summed E-state index contributed by atoms with van der Waals surface area (Å²) in [5.74, 6) is 0.642. The lowest BCUT2D eigenvalue weighted by Crippen LogP contribution is -2.53. The van der Waals surface area contributed by atoms with Gasteiger partial charge in [0.1, 0.15) is 5.82 Å². The number of halogens is 1. The van der Waals surface area contributed by atoms with Crippen LogP contribution in [0.2, 0.25) is 0 Å². The average Bonchev–Trinajstić information content (AvgIpc) is 2.87. The van der Waals surface area contributed by atoms with Gasteiger partial charge in [-0.2, -0.15) is 0 Å². The number of benzene rings is 1. The minimum Gasteiger partial charge on any atom is -0.385 e. The zero-order valence-corrected chi connectivity index (χ0v) is 17.8. The number of rotatable bonds is 5. The molecule has 0 aromatic heterocycles. The van der Waals surface area contributed by atoms with E-state index in [9.17, 15) is 9.50 Å². The van der Waals surface area contributed by atoms with Crippen molar-refractivity contribution in [1.82, 2.24) is 9.80 Å². The summed E-state index contributed by atoms with van der Waals surface area (Å²) in [6.07, 6.45) is 6.54. The summed E-state index contributed by atoms with van der Waals surface area (Å²) in [4.78, 5) is 5.34. The molecule has 3 fully saturated rings. The van der Waals surface area contributed by atoms with Crippen molar-refractivity contribution in [3.05, 3.63) is 35.6 Å². The standard InChI is InChI=1S/C24H37FN2O/c1-18-10-12-26(13-11-18)16-23(2,3)17-27-21-8-9-22(27)15-24(28,14-21)19-4-6-20(25)7-5-19/h4-7,18,21-22,28H,8-17H2,1-3H3. The van der Waals surface area contributed by atoms with Gasteiger partial charge < -0.3 is 10.0 Å². The van der Waals surface area contributed by atoms with Gasteiger partial charge in [-0.3, -0.25) is 4.90 Å². The summed E-state index contributed by atoms with van der Waals surface area (Å²) >= 11 is 0. The molecule has 2 bridgehead atoms. The molecule has 2 unspecified atom stereocenters. The number of fused-ring (bicyclic) bond motifs is 2. The molecule has 3 saturated heterocycles. The Labute approximate surface area is 169 Å². The molecule has 3 aliphatic heterocycles. The monoisotopic (exact) mass is 388 g/mol. The van der Waals surface area contributed by atoms with Crippen molar-refractivity contribution >= 4 is 0 Å². The van der Waals surface area contributed by atoms with Crippen LogP contribution >= 0.6 is 0 Å². The van der Waals surface area contributed by atoms with Gasteiger partial charge in [-0.05, 0) is 80.6 Å². The molecule has 3 aliphatic rings. The molecule has 0 aliphatic carbocycles. The lowest BCUT2D eigenvalue weighted by molar-refractivity contribution is -0.0674. The Morgan fingerprint density at radius 2 is 1.57 bits per heavy atom. The first-order valence-electron chi connectivity index (χ1n) is 11.2. The largest absolute Gasteiger partial charge is 0.385 e. The maximum absolute atomic E-state index is 13.3. The quantitative estimate of drug-likeness (QED) is 0.810. The van der Waals surface area contributed by atoms with Crippen molar-refractivity contribution in [2.75, 3.05) is 26.2 Å². The molecule has 1 N–H and O–H groups in total. The van der Waals surface area contributed by atoms with E-state index < -0.39 is 5.60 Å². The van der Waals surface area contributed by atoms with E-state index in [0.29, 0.717) is 12.1 Å². The Kier molecular flexibility index (Phi) is 5.58. The number of likely N-dealkylation sites (tertiary alicyclic amines) is 1. The third kappa shape index (κ3) is 4.29. The Morgan fingerprint density at radius 3 is 2.14 bits per heavy atom. The Morgan fingerprint density at radius 1 is 1.00 bits per heavy atom.